The first-order valence-electron chi connectivity index (χ1n) is 6.99. The second-order valence-corrected chi connectivity index (χ2v) is 6.65. The zero-order chi connectivity index (χ0) is 17.0. The van der Waals surface area contributed by atoms with Crippen LogP contribution in [0, 0.1) is 0 Å². The average Bonchev–Trinajstić information content (AvgIpc) is 2.46. The van der Waals surface area contributed by atoms with E-state index < -0.39 is 11.7 Å². The molecule has 122 valence electrons. The van der Waals surface area contributed by atoms with Gasteiger partial charge < -0.3 is 4.74 Å². The Labute approximate surface area is 145 Å². The van der Waals surface area contributed by atoms with Gasteiger partial charge in [-0.2, -0.15) is 0 Å². The Morgan fingerprint density at radius 2 is 1.87 bits per heavy atom. The summed E-state index contributed by atoms with van der Waals surface area (Å²) in [4.78, 5) is 19.8. The Kier molecular flexibility index (Phi) is 5.44. The van der Waals surface area contributed by atoms with E-state index >= 15 is 0 Å². The van der Waals surface area contributed by atoms with Crippen molar-refractivity contribution < 1.29 is 9.53 Å². The summed E-state index contributed by atoms with van der Waals surface area (Å²) in [5.74, 6) is 0. The number of amides is 1. The van der Waals surface area contributed by atoms with Crippen molar-refractivity contribution in [3.05, 3.63) is 47.4 Å². The Morgan fingerprint density at radius 3 is 2.43 bits per heavy atom. The van der Waals surface area contributed by atoms with Crippen LogP contribution in [0.25, 0.3) is 11.3 Å². The molecule has 2 aromatic rings. The first-order chi connectivity index (χ1) is 10.7. The average molecular weight is 354 g/mol. The monoisotopic (exact) mass is 353 g/mol. The van der Waals surface area contributed by atoms with Gasteiger partial charge >= 0.3 is 6.09 Å². The van der Waals surface area contributed by atoms with Crippen LogP contribution in [0.2, 0.25) is 5.28 Å². The summed E-state index contributed by atoms with van der Waals surface area (Å²) in [5, 5.41) is 0.198. The van der Waals surface area contributed by atoms with E-state index in [0.29, 0.717) is 0 Å². The number of hydrogen-bond acceptors (Lipinski definition) is 4. The van der Waals surface area contributed by atoms with Crippen molar-refractivity contribution >= 4 is 29.5 Å². The van der Waals surface area contributed by atoms with Gasteiger partial charge in [0, 0.05) is 23.5 Å². The molecule has 0 saturated heterocycles. The first-order valence-corrected chi connectivity index (χ1v) is 7.70. The topological polar surface area (TPSA) is 55.3 Å². The normalized spacial score (nSPS) is 11.2. The summed E-state index contributed by atoms with van der Waals surface area (Å²) in [7, 11) is 0. The SMILES string of the molecule is CC(C)(C)OC(=O)N(Cl)Cc1ccc(-c2ccnc(Cl)n2)cc1. The third-order valence-corrected chi connectivity index (χ3v) is 3.23. The standard InChI is InChI=1S/C16H17Cl2N3O2/c1-16(2,3)23-15(22)21(18)10-11-4-6-12(7-5-11)13-8-9-19-14(17)20-13/h4-9H,10H2,1-3H3. The lowest BCUT2D eigenvalue weighted by Gasteiger charge is -2.23. The zero-order valence-electron chi connectivity index (χ0n) is 13.1. The maximum Gasteiger partial charge on any atom is 0.425 e. The summed E-state index contributed by atoms with van der Waals surface area (Å²) in [5.41, 5.74) is 1.91. The van der Waals surface area contributed by atoms with Gasteiger partial charge in [-0.3, -0.25) is 0 Å². The van der Waals surface area contributed by atoms with Gasteiger partial charge in [0.1, 0.15) is 5.60 Å². The van der Waals surface area contributed by atoms with Crippen LogP contribution in [-0.2, 0) is 11.3 Å². The smallest absolute Gasteiger partial charge is 0.425 e. The van der Waals surface area contributed by atoms with Crippen molar-refractivity contribution in [2.45, 2.75) is 32.9 Å². The molecule has 0 radical (unpaired) electrons. The van der Waals surface area contributed by atoms with E-state index in [1.54, 1.807) is 33.0 Å². The molecule has 1 aromatic heterocycles. The maximum absolute atomic E-state index is 11.8. The van der Waals surface area contributed by atoms with E-state index in [9.17, 15) is 4.79 Å². The molecule has 2 rings (SSSR count). The molecular weight excluding hydrogens is 337 g/mol. The molecule has 5 nitrogen and oxygen atoms in total. The van der Waals surface area contributed by atoms with E-state index in [2.05, 4.69) is 9.97 Å². The maximum atomic E-state index is 11.8. The second-order valence-electron chi connectivity index (χ2n) is 5.91. The van der Waals surface area contributed by atoms with Crippen LogP contribution < -0.4 is 0 Å². The fourth-order valence-electron chi connectivity index (χ4n) is 1.81. The fourth-order valence-corrected chi connectivity index (χ4v) is 2.13. The van der Waals surface area contributed by atoms with E-state index in [0.717, 1.165) is 21.2 Å². The van der Waals surface area contributed by atoms with Crippen LogP contribution in [0.5, 0.6) is 0 Å². The minimum atomic E-state index is -0.583. The van der Waals surface area contributed by atoms with E-state index in [-0.39, 0.29) is 11.8 Å². The van der Waals surface area contributed by atoms with Gasteiger partial charge in [-0.15, -0.1) is 0 Å². The molecule has 0 fully saturated rings. The number of rotatable bonds is 3. The zero-order valence-corrected chi connectivity index (χ0v) is 14.6. The molecule has 1 aromatic carbocycles. The highest BCUT2D eigenvalue weighted by Gasteiger charge is 2.21. The largest absolute Gasteiger partial charge is 0.443 e. The van der Waals surface area contributed by atoms with Crippen LogP contribution in [0.4, 0.5) is 4.79 Å². The summed E-state index contributed by atoms with van der Waals surface area (Å²) < 4.78 is 6.22. The predicted molar refractivity (Wildman–Crippen MR) is 90.1 cm³/mol. The highest BCUT2D eigenvalue weighted by Crippen LogP contribution is 2.20. The van der Waals surface area contributed by atoms with Gasteiger partial charge in [-0.05, 0) is 44.0 Å². The molecular formula is C16H17Cl2N3O2. The van der Waals surface area contributed by atoms with Crippen LogP contribution in [-0.4, -0.2) is 26.1 Å². The van der Waals surface area contributed by atoms with Crippen LogP contribution >= 0.6 is 23.4 Å². The molecule has 1 heterocycles. The van der Waals surface area contributed by atoms with Crippen molar-refractivity contribution in [3.63, 3.8) is 0 Å². The van der Waals surface area contributed by atoms with Gasteiger partial charge in [0.15, 0.2) is 0 Å². The third-order valence-electron chi connectivity index (χ3n) is 2.79. The molecule has 0 aliphatic carbocycles. The number of nitrogens with zero attached hydrogens (tertiary/aromatic N) is 3. The van der Waals surface area contributed by atoms with E-state index in [4.69, 9.17) is 28.1 Å². The Hall–Kier alpha value is -1.85. The fraction of sp³-hybridized carbons (Fsp3) is 0.312. The second kappa shape index (κ2) is 7.15. The van der Waals surface area contributed by atoms with E-state index in [1.807, 2.05) is 24.3 Å². The minimum absolute atomic E-state index is 0.198. The third kappa shape index (κ3) is 5.37. The number of carbonyl (C=O) groups is 1. The Morgan fingerprint density at radius 1 is 1.22 bits per heavy atom. The molecule has 0 unspecified atom stereocenters. The van der Waals surface area contributed by atoms with Crippen molar-refractivity contribution in [2.24, 2.45) is 0 Å². The molecule has 0 aliphatic heterocycles. The molecule has 0 spiro atoms. The van der Waals surface area contributed by atoms with Gasteiger partial charge in [-0.1, -0.05) is 24.3 Å². The summed E-state index contributed by atoms with van der Waals surface area (Å²) in [6.45, 7) is 5.60. The lowest BCUT2D eigenvalue weighted by atomic mass is 10.1. The quantitative estimate of drug-likeness (QED) is 0.593. The van der Waals surface area contributed by atoms with Crippen molar-refractivity contribution in [3.8, 4) is 11.3 Å². The molecule has 0 bridgehead atoms. The summed E-state index contributed by atoms with van der Waals surface area (Å²) in [6, 6.07) is 9.27. The van der Waals surface area contributed by atoms with Crippen molar-refractivity contribution in [2.75, 3.05) is 0 Å². The number of carbonyl (C=O) groups excluding carboxylic acids is 1. The Bertz CT molecular complexity index is 684. The molecule has 0 saturated carbocycles. The molecule has 0 atom stereocenters. The van der Waals surface area contributed by atoms with E-state index in [1.165, 1.54) is 0 Å². The molecule has 7 heteroatoms. The number of aromatic nitrogens is 2. The summed E-state index contributed by atoms with van der Waals surface area (Å²) >= 11 is 11.8. The molecule has 0 N–H and O–H groups in total. The minimum Gasteiger partial charge on any atom is -0.443 e. The van der Waals surface area contributed by atoms with Gasteiger partial charge in [0.25, 0.3) is 0 Å². The van der Waals surface area contributed by atoms with Crippen LogP contribution in [0.3, 0.4) is 0 Å². The first kappa shape index (κ1) is 17.5. The van der Waals surface area contributed by atoms with Gasteiger partial charge in [-0.25, -0.2) is 19.2 Å². The highest BCUT2D eigenvalue weighted by atomic mass is 35.5. The summed E-state index contributed by atoms with van der Waals surface area (Å²) in [6.07, 6.45) is 1.02. The molecule has 0 aliphatic rings. The van der Waals surface area contributed by atoms with Crippen LogP contribution in [0.15, 0.2) is 36.5 Å². The number of ether oxygens (including phenoxy) is 1. The molecule has 1 amide bonds. The Balaban J connectivity index is 2.04. The van der Waals surface area contributed by atoms with Crippen LogP contribution in [0.1, 0.15) is 26.3 Å². The lowest BCUT2D eigenvalue weighted by Crippen LogP contribution is -2.31. The van der Waals surface area contributed by atoms with Gasteiger partial charge in [0.05, 0.1) is 12.2 Å². The van der Waals surface area contributed by atoms with Crippen molar-refractivity contribution in [1.29, 1.82) is 0 Å². The number of halogens is 2. The van der Waals surface area contributed by atoms with Crippen molar-refractivity contribution in [1.82, 2.24) is 14.4 Å². The molecule has 23 heavy (non-hydrogen) atoms. The van der Waals surface area contributed by atoms with Gasteiger partial charge in [0.2, 0.25) is 5.28 Å². The number of hydrogen-bond donors (Lipinski definition) is 0. The number of benzene rings is 1. The lowest BCUT2D eigenvalue weighted by molar-refractivity contribution is 0.0383. The highest BCUT2D eigenvalue weighted by molar-refractivity contribution is 6.28. The predicted octanol–water partition coefficient (Wildman–Crippen LogP) is 4.69.